The first-order chi connectivity index (χ1) is 7.97. The number of carbonyl (C=O) groups excluding carboxylic acids is 2. The van der Waals surface area contributed by atoms with E-state index < -0.39 is 17.5 Å². The zero-order valence-corrected chi connectivity index (χ0v) is 10.00. The highest BCUT2D eigenvalue weighted by Crippen LogP contribution is 2.35. The molecule has 2 rings (SSSR count). The molecule has 0 bridgehead atoms. The van der Waals surface area contributed by atoms with E-state index in [0.29, 0.717) is 16.5 Å². The van der Waals surface area contributed by atoms with E-state index in [1.165, 1.54) is 20.1 Å². The van der Waals surface area contributed by atoms with Gasteiger partial charge in [0.25, 0.3) is 11.5 Å². The molecule has 17 heavy (non-hydrogen) atoms. The van der Waals surface area contributed by atoms with Crippen LogP contribution in [0.4, 0.5) is 5.69 Å². The van der Waals surface area contributed by atoms with Crippen LogP contribution in [0.3, 0.4) is 0 Å². The van der Waals surface area contributed by atoms with Crippen molar-refractivity contribution in [2.45, 2.75) is 12.5 Å². The topological polar surface area (TPSA) is 64.6 Å². The predicted molar refractivity (Wildman–Crippen MR) is 61.1 cm³/mol. The van der Waals surface area contributed by atoms with Crippen LogP contribution in [0, 0.1) is 0 Å². The molecule has 6 heteroatoms. The number of nitrogens with one attached hydrogen (secondary N) is 1. The number of methoxy groups -OCH3 is 1. The quantitative estimate of drug-likeness (QED) is 0.612. The van der Waals surface area contributed by atoms with Gasteiger partial charge in [0.05, 0.1) is 12.8 Å². The van der Waals surface area contributed by atoms with E-state index in [4.69, 9.17) is 16.3 Å². The summed E-state index contributed by atoms with van der Waals surface area (Å²) in [6.07, 6.45) is 0. The monoisotopic (exact) mass is 255 g/mol. The molecule has 0 spiro atoms. The van der Waals surface area contributed by atoms with Gasteiger partial charge in [0, 0.05) is 11.1 Å². The minimum absolute atomic E-state index is 0.338. The van der Waals surface area contributed by atoms with Crippen molar-refractivity contribution >= 4 is 29.2 Å². The number of fused-ring (bicyclic) bond motifs is 1. The van der Waals surface area contributed by atoms with Crippen molar-refractivity contribution in [3.8, 4) is 5.75 Å². The van der Waals surface area contributed by atoms with Gasteiger partial charge in [-0.25, -0.2) is 4.79 Å². The average molecular weight is 256 g/mol. The fourth-order valence-corrected chi connectivity index (χ4v) is 1.68. The molecule has 1 amide bonds. The Kier molecular flexibility index (Phi) is 2.71. The van der Waals surface area contributed by atoms with Crippen molar-refractivity contribution < 1.29 is 19.1 Å². The second-order valence-electron chi connectivity index (χ2n) is 3.72. The standard InChI is InChI=1S/C11H10ClNO4/c1-11(10(15)16-2)9(14)13-7-4-3-6(12)5-8(7)17-11/h3-5H,1-2H3,(H,13,14). The Labute approximate surface area is 103 Å². The SMILES string of the molecule is COC(=O)C1(C)Oc2cc(Cl)ccc2NC1=O. The summed E-state index contributed by atoms with van der Waals surface area (Å²) in [6, 6.07) is 4.74. The lowest BCUT2D eigenvalue weighted by atomic mass is 10.0. The van der Waals surface area contributed by atoms with Crippen molar-refractivity contribution in [2.24, 2.45) is 0 Å². The smallest absolute Gasteiger partial charge is 0.359 e. The third kappa shape index (κ3) is 1.82. The van der Waals surface area contributed by atoms with Crippen molar-refractivity contribution in [3.63, 3.8) is 0 Å². The van der Waals surface area contributed by atoms with Crippen molar-refractivity contribution in [2.75, 3.05) is 12.4 Å². The fraction of sp³-hybridized carbons (Fsp3) is 0.273. The lowest BCUT2D eigenvalue weighted by Gasteiger charge is -2.32. The highest BCUT2D eigenvalue weighted by atomic mass is 35.5. The van der Waals surface area contributed by atoms with E-state index in [0.717, 1.165) is 0 Å². The second-order valence-corrected chi connectivity index (χ2v) is 4.16. The molecule has 0 aliphatic carbocycles. The zero-order chi connectivity index (χ0) is 12.6. The fourth-order valence-electron chi connectivity index (χ4n) is 1.52. The number of halogens is 1. The predicted octanol–water partition coefficient (Wildman–Crippen LogP) is 1.60. The Morgan fingerprint density at radius 3 is 2.88 bits per heavy atom. The largest absolute Gasteiger partial charge is 0.466 e. The first-order valence-electron chi connectivity index (χ1n) is 4.86. The summed E-state index contributed by atoms with van der Waals surface area (Å²) in [5, 5.41) is 3.02. The molecule has 5 nitrogen and oxygen atoms in total. The lowest BCUT2D eigenvalue weighted by Crippen LogP contribution is -2.54. The molecule has 1 N–H and O–H groups in total. The molecular weight excluding hydrogens is 246 g/mol. The van der Waals surface area contributed by atoms with Crippen LogP contribution in [0.25, 0.3) is 0 Å². The van der Waals surface area contributed by atoms with Crippen molar-refractivity contribution in [3.05, 3.63) is 23.2 Å². The number of carbonyl (C=O) groups is 2. The molecule has 0 fully saturated rings. The Morgan fingerprint density at radius 1 is 1.53 bits per heavy atom. The van der Waals surface area contributed by atoms with E-state index in [2.05, 4.69) is 10.1 Å². The average Bonchev–Trinajstić information content (AvgIpc) is 2.30. The Hall–Kier alpha value is -1.75. The van der Waals surface area contributed by atoms with Gasteiger partial charge in [0.2, 0.25) is 0 Å². The minimum atomic E-state index is -1.69. The number of ether oxygens (including phenoxy) is 2. The second kappa shape index (κ2) is 3.92. The van der Waals surface area contributed by atoms with Crippen LogP contribution < -0.4 is 10.1 Å². The molecule has 1 atom stereocenters. The van der Waals surface area contributed by atoms with E-state index in [9.17, 15) is 9.59 Å². The summed E-state index contributed by atoms with van der Waals surface area (Å²) in [4.78, 5) is 23.3. The maximum absolute atomic E-state index is 11.8. The van der Waals surface area contributed by atoms with E-state index in [1.807, 2.05) is 0 Å². The maximum atomic E-state index is 11.8. The number of rotatable bonds is 1. The summed E-state index contributed by atoms with van der Waals surface area (Å²) < 4.78 is 9.94. The number of anilines is 1. The molecule has 90 valence electrons. The van der Waals surface area contributed by atoms with Crippen LogP contribution in [0.15, 0.2) is 18.2 Å². The molecule has 0 aromatic heterocycles. The highest BCUT2D eigenvalue weighted by Gasteiger charge is 2.48. The number of benzene rings is 1. The number of hydrogen-bond donors (Lipinski definition) is 1. The summed E-state index contributed by atoms with van der Waals surface area (Å²) >= 11 is 5.81. The van der Waals surface area contributed by atoms with E-state index in [-0.39, 0.29) is 0 Å². The van der Waals surface area contributed by atoms with Gasteiger partial charge in [-0.05, 0) is 19.1 Å². The van der Waals surface area contributed by atoms with E-state index in [1.54, 1.807) is 12.1 Å². The number of hydrogen-bond acceptors (Lipinski definition) is 4. The van der Waals surface area contributed by atoms with Crippen molar-refractivity contribution in [1.29, 1.82) is 0 Å². The minimum Gasteiger partial charge on any atom is -0.466 e. The van der Waals surface area contributed by atoms with Crippen LogP contribution in [0.1, 0.15) is 6.92 Å². The van der Waals surface area contributed by atoms with Gasteiger partial charge in [0.1, 0.15) is 5.75 Å². The molecule has 0 saturated carbocycles. The Morgan fingerprint density at radius 2 is 2.24 bits per heavy atom. The Bertz CT molecular complexity index is 502. The van der Waals surface area contributed by atoms with Crippen LogP contribution in [0.2, 0.25) is 5.02 Å². The Balaban J connectivity index is 2.44. The first kappa shape index (κ1) is 11.7. The summed E-state index contributed by atoms with van der Waals surface area (Å²) in [5.74, 6) is -0.996. The molecule has 0 radical (unpaired) electrons. The van der Waals surface area contributed by atoms with Crippen molar-refractivity contribution in [1.82, 2.24) is 0 Å². The normalized spacial score (nSPS) is 22.2. The molecule has 1 unspecified atom stereocenters. The van der Waals surface area contributed by atoms with E-state index >= 15 is 0 Å². The van der Waals surface area contributed by atoms with Crippen LogP contribution in [-0.2, 0) is 14.3 Å². The van der Waals surface area contributed by atoms with Gasteiger partial charge in [-0.3, -0.25) is 4.79 Å². The number of amides is 1. The molecular formula is C11H10ClNO4. The van der Waals surface area contributed by atoms with Crippen LogP contribution in [-0.4, -0.2) is 24.6 Å². The first-order valence-corrected chi connectivity index (χ1v) is 5.23. The van der Waals surface area contributed by atoms with Gasteiger partial charge in [-0.1, -0.05) is 11.6 Å². The molecule has 0 saturated heterocycles. The summed E-state index contributed by atoms with van der Waals surface area (Å²) in [5.41, 5.74) is -1.22. The van der Waals surface area contributed by atoms with Crippen LogP contribution >= 0.6 is 11.6 Å². The van der Waals surface area contributed by atoms with Gasteiger partial charge >= 0.3 is 5.97 Å². The third-order valence-corrected chi connectivity index (χ3v) is 2.75. The third-order valence-electron chi connectivity index (χ3n) is 2.51. The molecule has 1 aliphatic heterocycles. The maximum Gasteiger partial charge on any atom is 0.359 e. The zero-order valence-electron chi connectivity index (χ0n) is 9.24. The van der Waals surface area contributed by atoms with Gasteiger partial charge in [-0.2, -0.15) is 0 Å². The lowest BCUT2D eigenvalue weighted by molar-refractivity contribution is -0.162. The molecule has 1 aromatic carbocycles. The van der Waals surface area contributed by atoms with Gasteiger partial charge in [0.15, 0.2) is 0 Å². The highest BCUT2D eigenvalue weighted by molar-refractivity contribution is 6.31. The molecule has 1 heterocycles. The van der Waals surface area contributed by atoms with Crippen LogP contribution in [0.5, 0.6) is 5.75 Å². The van der Waals surface area contributed by atoms with Gasteiger partial charge < -0.3 is 14.8 Å². The van der Waals surface area contributed by atoms with Gasteiger partial charge in [-0.15, -0.1) is 0 Å². The summed E-state index contributed by atoms with van der Waals surface area (Å²) in [7, 11) is 1.19. The molecule has 1 aromatic rings. The molecule has 1 aliphatic rings. The number of esters is 1. The summed E-state index contributed by atoms with van der Waals surface area (Å²) in [6.45, 7) is 1.35.